The van der Waals surface area contributed by atoms with Crippen LogP contribution in [0.1, 0.15) is 20.3 Å². The Labute approximate surface area is 85.8 Å². The SMILES string of the molecule is CC.[CH2-]CC1([CH2-])CN(C)C1.[W+2]. The maximum Gasteiger partial charge on any atom is 2.00 e. The third-order valence-corrected chi connectivity index (χ3v) is 1.74. The largest absolute Gasteiger partial charge is 2.00 e. The molecular formula is C9H19NW. The monoisotopic (exact) mass is 325 g/mol. The van der Waals surface area contributed by atoms with Crippen LogP contribution in [0, 0.1) is 19.3 Å². The first kappa shape index (κ1) is 14.2. The molecule has 1 rings (SSSR count). The van der Waals surface area contributed by atoms with Crippen molar-refractivity contribution in [2.24, 2.45) is 5.41 Å². The number of hydrogen-bond acceptors (Lipinski definition) is 1. The van der Waals surface area contributed by atoms with E-state index in [0.29, 0.717) is 5.41 Å². The molecule has 0 aromatic heterocycles. The number of hydrogen-bond donors (Lipinski definition) is 0. The van der Waals surface area contributed by atoms with E-state index in [1.165, 1.54) is 0 Å². The molecule has 1 saturated heterocycles. The second-order valence-electron chi connectivity index (χ2n) is 2.92. The van der Waals surface area contributed by atoms with Gasteiger partial charge in [0.25, 0.3) is 0 Å². The Morgan fingerprint density at radius 3 is 1.82 bits per heavy atom. The van der Waals surface area contributed by atoms with Crippen molar-refractivity contribution in [2.45, 2.75) is 20.3 Å². The van der Waals surface area contributed by atoms with Crippen LogP contribution >= 0.6 is 0 Å². The van der Waals surface area contributed by atoms with Gasteiger partial charge in [0.05, 0.1) is 0 Å². The Morgan fingerprint density at radius 2 is 1.73 bits per heavy atom. The first-order chi connectivity index (χ1) is 4.66. The standard InChI is InChI=1S/C7H13N.C2H6.W/c1-4-7(2)5-8(3)6-7;1-2;/h1-2,4-6H2,3H3;1-2H3;/q-2;;+2. The maximum atomic E-state index is 4.04. The normalized spacial score (nSPS) is 20.5. The van der Waals surface area contributed by atoms with Gasteiger partial charge in [-0.05, 0) is 20.1 Å². The Kier molecular flexibility index (Phi) is 7.99. The zero-order chi connectivity index (χ0) is 8.20. The van der Waals surface area contributed by atoms with E-state index >= 15 is 0 Å². The molecule has 1 aliphatic rings. The Morgan fingerprint density at radius 1 is 1.36 bits per heavy atom. The van der Waals surface area contributed by atoms with Crippen molar-refractivity contribution in [3.05, 3.63) is 13.8 Å². The van der Waals surface area contributed by atoms with Crippen LogP contribution in [0.15, 0.2) is 0 Å². The van der Waals surface area contributed by atoms with E-state index in [2.05, 4.69) is 25.8 Å². The molecule has 1 fully saturated rings. The van der Waals surface area contributed by atoms with Gasteiger partial charge < -0.3 is 18.7 Å². The third-order valence-electron chi connectivity index (χ3n) is 1.74. The van der Waals surface area contributed by atoms with E-state index in [1.807, 2.05) is 13.8 Å². The molecule has 11 heavy (non-hydrogen) atoms. The Hall–Kier alpha value is 0.648. The average molecular weight is 325 g/mol. The molecule has 0 bridgehead atoms. The summed E-state index contributed by atoms with van der Waals surface area (Å²) < 4.78 is 0. The van der Waals surface area contributed by atoms with Crippen molar-refractivity contribution >= 4 is 0 Å². The van der Waals surface area contributed by atoms with Gasteiger partial charge in [-0.3, -0.25) is 0 Å². The smallest absolute Gasteiger partial charge is 0.345 e. The van der Waals surface area contributed by atoms with Gasteiger partial charge in [0.15, 0.2) is 0 Å². The van der Waals surface area contributed by atoms with E-state index in [0.717, 1.165) is 19.5 Å². The Bertz CT molecular complexity index is 87.6. The van der Waals surface area contributed by atoms with Gasteiger partial charge in [0.1, 0.15) is 0 Å². The molecule has 0 amide bonds. The predicted molar refractivity (Wildman–Crippen MR) is 46.6 cm³/mol. The fourth-order valence-electron chi connectivity index (χ4n) is 1.26. The average Bonchev–Trinajstić information content (AvgIpc) is 1.90. The Balaban J connectivity index is 0. The molecule has 0 aromatic rings. The van der Waals surface area contributed by atoms with E-state index in [1.54, 1.807) is 0 Å². The molecule has 1 nitrogen and oxygen atoms in total. The van der Waals surface area contributed by atoms with Crippen molar-refractivity contribution in [3.8, 4) is 0 Å². The van der Waals surface area contributed by atoms with Crippen LogP contribution in [0.4, 0.5) is 0 Å². The van der Waals surface area contributed by atoms with Crippen LogP contribution < -0.4 is 0 Å². The number of rotatable bonds is 1. The zero-order valence-corrected chi connectivity index (χ0v) is 10.8. The van der Waals surface area contributed by atoms with Gasteiger partial charge in [0.2, 0.25) is 0 Å². The summed E-state index contributed by atoms with van der Waals surface area (Å²) in [6.07, 6.45) is 0.970. The molecule has 2 heteroatoms. The number of likely N-dealkylation sites (tertiary alicyclic amines) is 1. The quantitative estimate of drug-likeness (QED) is 0.667. The number of nitrogens with zero attached hydrogens (tertiary/aromatic N) is 1. The molecule has 1 aliphatic heterocycles. The fourth-order valence-corrected chi connectivity index (χ4v) is 1.26. The molecule has 0 saturated carbocycles. The van der Waals surface area contributed by atoms with E-state index < -0.39 is 0 Å². The topological polar surface area (TPSA) is 3.24 Å². The van der Waals surface area contributed by atoms with Crippen molar-refractivity contribution in [2.75, 3.05) is 20.1 Å². The summed E-state index contributed by atoms with van der Waals surface area (Å²) in [5.74, 6) is 0. The van der Waals surface area contributed by atoms with Crippen LogP contribution in [0.2, 0.25) is 0 Å². The third kappa shape index (κ3) is 4.28. The first-order valence-electron chi connectivity index (χ1n) is 3.99. The fraction of sp³-hybridized carbons (Fsp3) is 0.778. The van der Waals surface area contributed by atoms with E-state index in [4.69, 9.17) is 0 Å². The van der Waals surface area contributed by atoms with Crippen LogP contribution in [-0.2, 0) is 21.1 Å². The van der Waals surface area contributed by atoms with Crippen LogP contribution in [0.5, 0.6) is 0 Å². The van der Waals surface area contributed by atoms with Crippen LogP contribution in [0.25, 0.3) is 0 Å². The van der Waals surface area contributed by atoms with Crippen molar-refractivity contribution in [1.29, 1.82) is 0 Å². The molecule has 0 N–H and O–H groups in total. The van der Waals surface area contributed by atoms with Gasteiger partial charge in [-0.2, -0.15) is 5.41 Å². The van der Waals surface area contributed by atoms with Crippen molar-refractivity contribution < 1.29 is 21.1 Å². The molecular weight excluding hydrogens is 306 g/mol. The molecule has 1 heterocycles. The van der Waals surface area contributed by atoms with E-state index in [-0.39, 0.29) is 21.1 Å². The maximum absolute atomic E-state index is 4.04. The predicted octanol–water partition coefficient (Wildman–Crippen LogP) is 2.00. The van der Waals surface area contributed by atoms with Gasteiger partial charge in [-0.15, -0.1) is 0 Å². The molecule has 0 radical (unpaired) electrons. The van der Waals surface area contributed by atoms with Crippen molar-refractivity contribution in [1.82, 2.24) is 4.90 Å². The van der Waals surface area contributed by atoms with E-state index in [9.17, 15) is 0 Å². The molecule has 0 aliphatic carbocycles. The van der Waals surface area contributed by atoms with Gasteiger partial charge >= 0.3 is 21.1 Å². The van der Waals surface area contributed by atoms with Gasteiger partial charge in [-0.25, -0.2) is 6.42 Å². The molecule has 0 atom stereocenters. The van der Waals surface area contributed by atoms with Crippen molar-refractivity contribution in [3.63, 3.8) is 0 Å². The summed E-state index contributed by atoms with van der Waals surface area (Å²) >= 11 is 0. The van der Waals surface area contributed by atoms with Crippen LogP contribution in [0.3, 0.4) is 0 Å². The molecule has 66 valence electrons. The summed E-state index contributed by atoms with van der Waals surface area (Å²) in [6, 6.07) is 0. The molecule has 0 spiro atoms. The zero-order valence-electron chi connectivity index (χ0n) is 7.89. The summed E-state index contributed by atoms with van der Waals surface area (Å²) in [7, 11) is 2.11. The van der Waals surface area contributed by atoms with Gasteiger partial charge in [-0.1, -0.05) is 13.8 Å². The van der Waals surface area contributed by atoms with Crippen LogP contribution in [-0.4, -0.2) is 25.0 Å². The first-order valence-corrected chi connectivity index (χ1v) is 3.99. The second kappa shape index (κ2) is 6.20. The summed E-state index contributed by atoms with van der Waals surface area (Å²) in [6.45, 7) is 14.1. The summed E-state index contributed by atoms with van der Waals surface area (Å²) in [5, 5.41) is 0. The second-order valence-corrected chi connectivity index (χ2v) is 2.92. The molecule has 0 unspecified atom stereocenters. The summed E-state index contributed by atoms with van der Waals surface area (Å²) in [4.78, 5) is 2.26. The molecule has 0 aromatic carbocycles. The minimum Gasteiger partial charge on any atom is -0.345 e. The summed E-state index contributed by atoms with van der Waals surface area (Å²) in [5.41, 5.74) is 0.300. The minimum absolute atomic E-state index is 0. The minimum atomic E-state index is 0. The van der Waals surface area contributed by atoms with Gasteiger partial charge in [0, 0.05) is 0 Å².